The zero-order valence-electron chi connectivity index (χ0n) is 8.41. The molecule has 0 bridgehead atoms. The second kappa shape index (κ2) is 6.40. The summed E-state index contributed by atoms with van der Waals surface area (Å²) in [5.41, 5.74) is 0. The molecule has 0 spiro atoms. The molecule has 0 heterocycles. The molecule has 74 valence electrons. The Morgan fingerprint density at radius 3 is 2.17 bits per heavy atom. The van der Waals surface area contributed by atoms with Gasteiger partial charge in [-0.25, -0.2) is 0 Å². The SMILES string of the molecule is CC(C)CO[C@H](C)OC(C)CO. The molecule has 0 aromatic carbocycles. The van der Waals surface area contributed by atoms with E-state index in [0.29, 0.717) is 12.5 Å². The smallest absolute Gasteiger partial charge is 0.155 e. The lowest BCUT2D eigenvalue weighted by atomic mass is 10.2. The molecule has 0 aliphatic carbocycles. The standard InChI is InChI=1S/C9H20O3/c1-7(2)6-11-9(4)12-8(3)5-10/h7-10H,5-6H2,1-4H3/t8?,9-/m0/s1. The van der Waals surface area contributed by atoms with Gasteiger partial charge in [-0.15, -0.1) is 0 Å². The molecule has 0 radical (unpaired) electrons. The van der Waals surface area contributed by atoms with Gasteiger partial charge in [0.2, 0.25) is 0 Å². The molecule has 0 rings (SSSR count). The molecule has 0 saturated heterocycles. The monoisotopic (exact) mass is 176 g/mol. The maximum absolute atomic E-state index is 8.68. The maximum Gasteiger partial charge on any atom is 0.155 e. The van der Waals surface area contributed by atoms with Crippen LogP contribution in [0.3, 0.4) is 0 Å². The molecule has 1 unspecified atom stereocenters. The predicted molar refractivity (Wildman–Crippen MR) is 47.9 cm³/mol. The molecule has 0 fully saturated rings. The molecule has 0 aromatic heterocycles. The highest BCUT2D eigenvalue weighted by atomic mass is 16.7. The highest BCUT2D eigenvalue weighted by Crippen LogP contribution is 2.02. The number of hydrogen-bond donors (Lipinski definition) is 1. The van der Waals surface area contributed by atoms with Crippen LogP contribution in [0.2, 0.25) is 0 Å². The first-order chi connectivity index (χ1) is 5.56. The minimum absolute atomic E-state index is 0.0371. The lowest BCUT2D eigenvalue weighted by Gasteiger charge is -2.18. The van der Waals surface area contributed by atoms with Crippen LogP contribution in [0, 0.1) is 5.92 Å². The molecule has 12 heavy (non-hydrogen) atoms. The van der Waals surface area contributed by atoms with Crippen LogP contribution >= 0.6 is 0 Å². The van der Waals surface area contributed by atoms with Gasteiger partial charge in [-0.05, 0) is 19.8 Å². The van der Waals surface area contributed by atoms with Gasteiger partial charge in [0.25, 0.3) is 0 Å². The molecule has 3 heteroatoms. The summed E-state index contributed by atoms with van der Waals surface area (Å²) >= 11 is 0. The second-order valence-electron chi connectivity index (χ2n) is 3.42. The minimum atomic E-state index is -0.227. The molecular weight excluding hydrogens is 156 g/mol. The Bertz CT molecular complexity index is 104. The van der Waals surface area contributed by atoms with Crippen molar-refractivity contribution < 1.29 is 14.6 Å². The van der Waals surface area contributed by atoms with Crippen LogP contribution in [-0.2, 0) is 9.47 Å². The third-order valence-electron chi connectivity index (χ3n) is 1.35. The molecule has 0 amide bonds. The van der Waals surface area contributed by atoms with E-state index in [2.05, 4.69) is 13.8 Å². The van der Waals surface area contributed by atoms with Crippen molar-refractivity contribution in [2.24, 2.45) is 5.92 Å². The molecule has 0 aliphatic rings. The zero-order valence-corrected chi connectivity index (χ0v) is 8.41. The first-order valence-electron chi connectivity index (χ1n) is 4.44. The number of aliphatic hydroxyl groups is 1. The van der Waals surface area contributed by atoms with Crippen LogP contribution in [0.15, 0.2) is 0 Å². The van der Waals surface area contributed by atoms with E-state index in [-0.39, 0.29) is 19.0 Å². The van der Waals surface area contributed by atoms with Gasteiger partial charge in [-0.3, -0.25) is 0 Å². The van der Waals surface area contributed by atoms with Crippen molar-refractivity contribution in [3.63, 3.8) is 0 Å². The number of hydrogen-bond acceptors (Lipinski definition) is 3. The summed E-state index contributed by atoms with van der Waals surface area (Å²) in [4.78, 5) is 0. The van der Waals surface area contributed by atoms with E-state index < -0.39 is 0 Å². The number of rotatable bonds is 6. The molecule has 0 saturated carbocycles. The van der Waals surface area contributed by atoms with Crippen molar-refractivity contribution in [1.29, 1.82) is 0 Å². The van der Waals surface area contributed by atoms with Crippen molar-refractivity contribution >= 4 is 0 Å². The van der Waals surface area contributed by atoms with Gasteiger partial charge in [0.15, 0.2) is 6.29 Å². The van der Waals surface area contributed by atoms with E-state index in [4.69, 9.17) is 14.6 Å². The van der Waals surface area contributed by atoms with E-state index in [0.717, 1.165) is 0 Å². The normalized spacial score (nSPS) is 16.5. The van der Waals surface area contributed by atoms with Gasteiger partial charge >= 0.3 is 0 Å². The third kappa shape index (κ3) is 6.58. The van der Waals surface area contributed by atoms with Crippen LogP contribution in [0.25, 0.3) is 0 Å². The molecule has 3 nitrogen and oxygen atoms in total. The van der Waals surface area contributed by atoms with Crippen molar-refractivity contribution in [3.05, 3.63) is 0 Å². The lowest BCUT2D eigenvalue weighted by Crippen LogP contribution is -2.23. The summed E-state index contributed by atoms with van der Waals surface area (Å²) in [5.74, 6) is 0.514. The van der Waals surface area contributed by atoms with Crippen LogP contribution in [0.4, 0.5) is 0 Å². The highest BCUT2D eigenvalue weighted by molar-refractivity contribution is 4.46. The zero-order chi connectivity index (χ0) is 9.56. The first-order valence-corrected chi connectivity index (χ1v) is 4.44. The Balaban J connectivity index is 3.39. The Morgan fingerprint density at radius 2 is 1.75 bits per heavy atom. The van der Waals surface area contributed by atoms with Gasteiger partial charge in [-0.1, -0.05) is 13.8 Å². The van der Waals surface area contributed by atoms with Crippen molar-refractivity contribution in [3.8, 4) is 0 Å². The fraction of sp³-hybridized carbons (Fsp3) is 1.00. The van der Waals surface area contributed by atoms with E-state index in [1.165, 1.54) is 0 Å². The van der Waals surface area contributed by atoms with Gasteiger partial charge in [0, 0.05) is 0 Å². The molecule has 0 aliphatic heterocycles. The van der Waals surface area contributed by atoms with E-state index >= 15 is 0 Å². The average molecular weight is 176 g/mol. The first kappa shape index (κ1) is 11.9. The summed E-state index contributed by atoms with van der Waals surface area (Å²) < 4.78 is 10.6. The van der Waals surface area contributed by atoms with E-state index in [1.54, 1.807) is 0 Å². The Kier molecular flexibility index (Phi) is 6.34. The van der Waals surface area contributed by atoms with Gasteiger partial charge in [-0.2, -0.15) is 0 Å². The van der Waals surface area contributed by atoms with Crippen LogP contribution in [-0.4, -0.2) is 30.7 Å². The van der Waals surface area contributed by atoms with Gasteiger partial charge in [0.1, 0.15) is 0 Å². The molecule has 2 atom stereocenters. The van der Waals surface area contributed by atoms with E-state index in [1.807, 2.05) is 13.8 Å². The van der Waals surface area contributed by atoms with Crippen molar-refractivity contribution in [2.75, 3.05) is 13.2 Å². The van der Waals surface area contributed by atoms with E-state index in [9.17, 15) is 0 Å². The van der Waals surface area contributed by atoms with Crippen LogP contribution < -0.4 is 0 Å². The molecular formula is C9H20O3. The Morgan fingerprint density at radius 1 is 1.17 bits per heavy atom. The fourth-order valence-corrected chi connectivity index (χ4v) is 0.737. The van der Waals surface area contributed by atoms with Gasteiger partial charge < -0.3 is 14.6 Å². The molecule has 1 N–H and O–H groups in total. The summed E-state index contributed by atoms with van der Waals surface area (Å²) in [7, 11) is 0. The Labute approximate surface area is 74.7 Å². The number of ether oxygens (including phenoxy) is 2. The number of aliphatic hydroxyl groups excluding tert-OH is 1. The largest absolute Gasteiger partial charge is 0.394 e. The van der Waals surface area contributed by atoms with Crippen molar-refractivity contribution in [2.45, 2.75) is 40.1 Å². The second-order valence-corrected chi connectivity index (χ2v) is 3.42. The maximum atomic E-state index is 8.68. The quantitative estimate of drug-likeness (QED) is 0.622. The van der Waals surface area contributed by atoms with Gasteiger partial charge in [0.05, 0.1) is 19.3 Å². The van der Waals surface area contributed by atoms with Crippen LogP contribution in [0.1, 0.15) is 27.7 Å². The predicted octanol–water partition coefficient (Wildman–Crippen LogP) is 1.40. The topological polar surface area (TPSA) is 38.7 Å². The summed E-state index contributed by atoms with van der Waals surface area (Å²) in [5, 5.41) is 8.68. The summed E-state index contributed by atoms with van der Waals surface area (Å²) in [6.45, 7) is 8.56. The third-order valence-corrected chi connectivity index (χ3v) is 1.35. The minimum Gasteiger partial charge on any atom is -0.394 e. The average Bonchev–Trinajstić information content (AvgIpc) is 2.00. The van der Waals surface area contributed by atoms with Crippen molar-refractivity contribution in [1.82, 2.24) is 0 Å². The summed E-state index contributed by atoms with van der Waals surface area (Å²) in [6.07, 6.45) is -0.373. The fourth-order valence-electron chi connectivity index (χ4n) is 0.737. The molecule has 0 aromatic rings. The Hall–Kier alpha value is -0.120. The highest BCUT2D eigenvalue weighted by Gasteiger charge is 2.07. The van der Waals surface area contributed by atoms with Crippen LogP contribution in [0.5, 0.6) is 0 Å². The summed E-state index contributed by atoms with van der Waals surface area (Å²) in [6, 6.07) is 0. The lowest BCUT2D eigenvalue weighted by molar-refractivity contribution is -0.167.